The van der Waals surface area contributed by atoms with E-state index in [-0.39, 0.29) is 18.9 Å². The van der Waals surface area contributed by atoms with Gasteiger partial charge in [0.15, 0.2) is 0 Å². The van der Waals surface area contributed by atoms with E-state index in [1.807, 2.05) is 0 Å². The molecule has 0 aromatic heterocycles. The highest BCUT2D eigenvalue weighted by Crippen LogP contribution is 2.02. The maximum absolute atomic E-state index is 11.4. The van der Waals surface area contributed by atoms with Crippen LogP contribution in [-0.2, 0) is 10.0 Å². The minimum Gasteiger partial charge on any atom is -0.395 e. The zero-order chi connectivity index (χ0) is 9.03. The highest BCUT2D eigenvalue weighted by Gasteiger charge is 2.22. The van der Waals surface area contributed by atoms with E-state index in [1.54, 1.807) is 0 Å². The molecule has 0 bridgehead atoms. The van der Waals surface area contributed by atoms with Gasteiger partial charge in [-0.1, -0.05) is 0 Å². The zero-order valence-electron chi connectivity index (χ0n) is 6.86. The van der Waals surface area contributed by atoms with Gasteiger partial charge >= 0.3 is 0 Å². The fourth-order valence-electron chi connectivity index (χ4n) is 1.16. The third-order valence-electron chi connectivity index (χ3n) is 1.82. The van der Waals surface area contributed by atoms with E-state index in [0.717, 1.165) is 0 Å². The summed E-state index contributed by atoms with van der Waals surface area (Å²) in [4.78, 5) is 0. The molecule has 0 atom stereocenters. The minimum absolute atomic E-state index is 0.112. The average Bonchev–Trinajstić information content (AvgIpc) is 2.15. The Kier molecular flexibility index (Phi) is 3.45. The van der Waals surface area contributed by atoms with Gasteiger partial charge in [0.1, 0.15) is 0 Å². The van der Waals surface area contributed by atoms with Gasteiger partial charge in [-0.05, 0) is 0 Å². The van der Waals surface area contributed by atoms with Crippen LogP contribution in [0.15, 0.2) is 0 Å². The number of β-amino-alcohol motifs (C(OH)–C–C–N with tert-alkyl or cyclic N) is 1. The Hall–Kier alpha value is -0.170. The Labute approximate surface area is 72.4 Å². The fraction of sp³-hybridized carbons (Fsp3) is 1.00. The summed E-state index contributed by atoms with van der Waals surface area (Å²) in [5, 5.41) is 11.6. The third-order valence-corrected chi connectivity index (χ3v) is 3.69. The molecule has 0 spiro atoms. The monoisotopic (exact) mass is 194 g/mol. The Bertz CT molecular complexity index is 227. The van der Waals surface area contributed by atoms with Gasteiger partial charge in [-0.3, -0.25) is 0 Å². The van der Waals surface area contributed by atoms with Crippen LogP contribution in [0, 0.1) is 0 Å². The van der Waals surface area contributed by atoms with E-state index in [4.69, 9.17) is 5.11 Å². The quantitative estimate of drug-likeness (QED) is 0.545. The van der Waals surface area contributed by atoms with Gasteiger partial charge < -0.3 is 10.4 Å². The van der Waals surface area contributed by atoms with Crippen LogP contribution in [0.25, 0.3) is 0 Å². The molecule has 0 amide bonds. The number of hydrogen-bond acceptors (Lipinski definition) is 4. The van der Waals surface area contributed by atoms with Crippen LogP contribution in [0.3, 0.4) is 0 Å². The largest absolute Gasteiger partial charge is 0.395 e. The molecule has 1 aliphatic heterocycles. The summed E-state index contributed by atoms with van der Waals surface area (Å²) in [5.74, 6) is 0.132. The van der Waals surface area contributed by atoms with Crippen molar-refractivity contribution in [3.8, 4) is 0 Å². The molecule has 1 fully saturated rings. The van der Waals surface area contributed by atoms with Gasteiger partial charge in [0.05, 0.1) is 12.4 Å². The summed E-state index contributed by atoms with van der Waals surface area (Å²) in [5.41, 5.74) is 0. The maximum Gasteiger partial charge on any atom is 0.215 e. The second-order valence-corrected chi connectivity index (χ2v) is 4.78. The molecule has 1 heterocycles. The molecular weight excluding hydrogens is 180 g/mol. The Balaban J connectivity index is 2.65. The van der Waals surface area contributed by atoms with Crippen molar-refractivity contribution in [3.05, 3.63) is 0 Å². The van der Waals surface area contributed by atoms with Crippen LogP contribution in [-0.4, -0.2) is 56.4 Å². The van der Waals surface area contributed by atoms with Crippen LogP contribution in [0.2, 0.25) is 0 Å². The second kappa shape index (κ2) is 4.18. The Morgan fingerprint density at radius 2 is 2.17 bits per heavy atom. The minimum atomic E-state index is -3.11. The van der Waals surface area contributed by atoms with Crippen molar-refractivity contribution >= 4 is 10.0 Å². The first-order chi connectivity index (χ1) is 5.67. The SMILES string of the molecule is O=S1(=O)CCNCCN1CCO. The number of nitrogens with zero attached hydrogens (tertiary/aromatic N) is 1. The Morgan fingerprint density at radius 3 is 2.83 bits per heavy atom. The maximum atomic E-state index is 11.4. The van der Waals surface area contributed by atoms with Crippen molar-refractivity contribution < 1.29 is 13.5 Å². The molecular formula is C6H14N2O3S. The van der Waals surface area contributed by atoms with E-state index in [1.165, 1.54) is 4.31 Å². The molecule has 1 rings (SSSR count). The molecule has 6 heteroatoms. The van der Waals surface area contributed by atoms with Crippen molar-refractivity contribution in [2.24, 2.45) is 0 Å². The molecule has 12 heavy (non-hydrogen) atoms. The van der Waals surface area contributed by atoms with Gasteiger partial charge in [0, 0.05) is 26.2 Å². The first-order valence-electron chi connectivity index (χ1n) is 3.96. The van der Waals surface area contributed by atoms with Crippen LogP contribution in [0.4, 0.5) is 0 Å². The highest BCUT2D eigenvalue weighted by atomic mass is 32.2. The second-order valence-electron chi connectivity index (χ2n) is 2.69. The molecule has 2 N–H and O–H groups in total. The zero-order valence-corrected chi connectivity index (χ0v) is 7.68. The molecule has 0 unspecified atom stereocenters. The lowest BCUT2D eigenvalue weighted by Gasteiger charge is -2.17. The fourth-order valence-corrected chi connectivity index (χ4v) is 2.55. The summed E-state index contributed by atoms with van der Waals surface area (Å²) < 4.78 is 24.1. The number of rotatable bonds is 2. The average molecular weight is 194 g/mol. The van der Waals surface area contributed by atoms with Crippen LogP contribution in [0.1, 0.15) is 0 Å². The molecule has 1 aliphatic rings. The predicted molar refractivity (Wildman–Crippen MR) is 45.3 cm³/mol. The van der Waals surface area contributed by atoms with Gasteiger partial charge in [0.2, 0.25) is 10.0 Å². The van der Waals surface area contributed by atoms with Gasteiger partial charge in [-0.2, -0.15) is 4.31 Å². The molecule has 0 saturated carbocycles. The standard InChI is InChI=1S/C6H14N2O3S/c9-5-4-8-3-1-7-2-6-12(8,10)11/h7,9H,1-6H2. The normalized spacial score (nSPS) is 25.1. The summed E-state index contributed by atoms with van der Waals surface area (Å²) in [6.07, 6.45) is 0. The molecule has 5 nitrogen and oxygen atoms in total. The predicted octanol–water partition coefficient (Wildman–Crippen LogP) is -1.79. The first kappa shape index (κ1) is 9.91. The molecule has 1 saturated heterocycles. The molecule has 0 aromatic carbocycles. The third kappa shape index (κ3) is 2.41. The van der Waals surface area contributed by atoms with E-state index in [2.05, 4.69) is 5.32 Å². The van der Waals surface area contributed by atoms with Crippen LogP contribution in [0.5, 0.6) is 0 Å². The molecule has 0 aliphatic carbocycles. The van der Waals surface area contributed by atoms with Gasteiger partial charge in [-0.15, -0.1) is 0 Å². The van der Waals surface area contributed by atoms with E-state index in [0.29, 0.717) is 19.6 Å². The van der Waals surface area contributed by atoms with Crippen molar-refractivity contribution in [2.45, 2.75) is 0 Å². The number of nitrogens with one attached hydrogen (secondary N) is 1. The number of aliphatic hydroxyl groups excluding tert-OH is 1. The lowest BCUT2D eigenvalue weighted by atomic mass is 10.5. The van der Waals surface area contributed by atoms with Crippen molar-refractivity contribution in [3.63, 3.8) is 0 Å². The summed E-state index contributed by atoms with van der Waals surface area (Å²) >= 11 is 0. The van der Waals surface area contributed by atoms with Crippen molar-refractivity contribution in [2.75, 3.05) is 38.5 Å². The number of sulfonamides is 1. The summed E-state index contributed by atoms with van der Waals surface area (Å²) in [6.45, 7) is 1.73. The topological polar surface area (TPSA) is 69.6 Å². The van der Waals surface area contributed by atoms with E-state index in [9.17, 15) is 8.42 Å². The summed E-state index contributed by atoms with van der Waals surface area (Å²) in [7, 11) is -3.11. The molecule has 0 radical (unpaired) electrons. The number of hydrogen-bond donors (Lipinski definition) is 2. The van der Waals surface area contributed by atoms with Crippen LogP contribution < -0.4 is 5.32 Å². The Morgan fingerprint density at radius 1 is 1.42 bits per heavy atom. The lowest BCUT2D eigenvalue weighted by molar-refractivity contribution is 0.255. The van der Waals surface area contributed by atoms with E-state index >= 15 is 0 Å². The van der Waals surface area contributed by atoms with Gasteiger partial charge in [0.25, 0.3) is 0 Å². The smallest absolute Gasteiger partial charge is 0.215 e. The van der Waals surface area contributed by atoms with Crippen LogP contribution >= 0.6 is 0 Å². The molecule has 72 valence electrons. The van der Waals surface area contributed by atoms with Crippen molar-refractivity contribution in [1.82, 2.24) is 9.62 Å². The number of aliphatic hydroxyl groups is 1. The molecule has 0 aromatic rings. The summed E-state index contributed by atoms with van der Waals surface area (Å²) in [6, 6.07) is 0. The van der Waals surface area contributed by atoms with Crippen molar-refractivity contribution in [1.29, 1.82) is 0 Å². The van der Waals surface area contributed by atoms with E-state index < -0.39 is 10.0 Å². The highest BCUT2D eigenvalue weighted by molar-refractivity contribution is 7.89. The van der Waals surface area contributed by atoms with Gasteiger partial charge in [-0.25, -0.2) is 8.42 Å². The first-order valence-corrected chi connectivity index (χ1v) is 5.57. The lowest BCUT2D eigenvalue weighted by Crippen LogP contribution is -2.35.